The second-order valence-electron chi connectivity index (χ2n) is 3.77. The van der Waals surface area contributed by atoms with Gasteiger partial charge in [-0.1, -0.05) is 0 Å². The first kappa shape index (κ1) is 12.4. The van der Waals surface area contributed by atoms with Crippen LogP contribution in [0.1, 0.15) is 12.6 Å². The smallest absolute Gasteiger partial charge is 0.161 e. The Bertz CT molecular complexity index is 477. The molecule has 0 amide bonds. The van der Waals surface area contributed by atoms with Gasteiger partial charge in [-0.25, -0.2) is 9.97 Å². The van der Waals surface area contributed by atoms with E-state index >= 15 is 0 Å². The molecule has 0 radical (unpaired) electrons. The predicted molar refractivity (Wildman–Crippen MR) is 70.1 cm³/mol. The Hall–Kier alpha value is -2.01. The summed E-state index contributed by atoms with van der Waals surface area (Å²) >= 11 is 0. The van der Waals surface area contributed by atoms with Gasteiger partial charge in [0.2, 0.25) is 0 Å². The summed E-state index contributed by atoms with van der Waals surface area (Å²) in [5.74, 6) is 1.49. The lowest BCUT2D eigenvalue weighted by molar-refractivity contribution is 0.181. The number of hydrogen-bond acceptors (Lipinski definition) is 5. The second-order valence-corrected chi connectivity index (χ2v) is 3.77. The van der Waals surface area contributed by atoms with Gasteiger partial charge in [0.25, 0.3) is 0 Å². The number of aromatic nitrogens is 3. The van der Waals surface area contributed by atoms with Crippen molar-refractivity contribution in [3.8, 4) is 11.4 Å². The molecule has 5 nitrogen and oxygen atoms in total. The average Bonchev–Trinajstić information content (AvgIpc) is 2.40. The maximum atomic E-state index is 5.12. The Morgan fingerprint density at radius 2 is 2.00 bits per heavy atom. The summed E-state index contributed by atoms with van der Waals surface area (Å²) in [6.07, 6.45) is 3.46. The van der Waals surface area contributed by atoms with Gasteiger partial charge in [-0.15, -0.1) is 0 Å². The van der Waals surface area contributed by atoms with Gasteiger partial charge in [-0.3, -0.25) is 4.98 Å². The van der Waals surface area contributed by atoms with E-state index in [0.29, 0.717) is 12.4 Å². The van der Waals surface area contributed by atoms with Gasteiger partial charge in [0.1, 0.15) is 5.82 Å². The summed E-state index contributed by atoms with van der Waals surface area (Å²) in [7, 11) is 1.65. The van der Waals surface area contributed by atoms with Crippen molar-refractivity contribution in [3.63, 3.8) is 0 Å². The highest BCUT2D eigenvalue weighted by molar-refractivity contribution is 5.56. The van der Waals surface area contributed by atoms with Gasteiger partial charge < -0.3 is 10.1 Å². The van der Waals surface area contributed by atoms with Gasteiger partial charge in [-0.2, -0.15) is 0 Å². The molecule has 94 valence electrons. The molecule has 0 bridgehead atoms. The van der Waals surface area contributed by atoms with E-state index in [4.69, 9.17) is 4.74 Å². The minimum absolute atomic E-state index is 0.471. The molecular formula is C13H16N4O. The molecule has 0 atom stereocenters. The molecule has 0 aliphatic heterocycles. The maximum Gasteiger partial charge on any atom is 0.161 e. The fourth-order valence-electron chi connectivity index (χ4n) is 1.62. The molecular weight excluding hydrogens is 228 g/mol. The Kier molecular flexibility index (Phi) is 4.20. The lowest BCUT2D eigenvalue weighted by atomic mass is 10.2. The van der Waals surface area contributed by atoms with Crippen molar-refractivity contribution >= 4 is 5.82 Å². The van der Waals surface area contributed by atoms with Crippen LogP contribution in [0.15, 0.2) is 30.6 Å². The topological polar surface area (TPSA) is 59.9 Å². The standard InChI is InChI=1S/C13H16N4O/c1-3-15-12-8-11(9-18-2)16-13(17-12)10-4-6-14-7-5-10/h4-8H,3,9H2,1-2H3,(H,15,16,17). The third kappa shape index (κ3) is 3.01. The molecule has 0 aliphatic rings. The van der Waals surface area contributed by atoms with Crippen molar-refractivity contribution in [2.75, 3.05) is 19.0 Å². The number of pyridine rings is 1. The van der Waals surface area contributed by atoms with Crippen LogP contribution in [0.2, 0.25) is 0 Å². The van der Waals surface area contributed by atoms with Crippen LogP contribution in [0.5, 0.6) is 0 Å². The number of rotatable bonds is 5. The van der Waals surface area contributed by atoms with Crippen LogP contribution in [-0.4, -0.2) is 28.6 Å². The third-order valence-electron chi connectivity index (χ3n) is 2.37. The summed E-state index contributed by atoms with van der Waals surface area (Å²) in [5, 5.41) is 3.19. The fraction of sp³-hybridized carbons (Fsp3) is 0.308. The lowest BCUT2D eigenvalue weighted by Gasteiger charge is -2.08. The fourth-order valence-corrected chi connectivity index (χ4v) is 1.62. The predicted octanol–water partition coefficient (Wildman–Crippen LogP) is 2.12. The molecule has 2 heterocycles. The van der Waals surface area contributed by atoms with Crippen LogP contribution in [0, 0.1) is 0 Å². The molecule has 0 aliphatic carbocycles. The van der Waals surface area contributed by atoms with Crippen LogP contribution in [-0.2, 0) is 11.3 Å². The van der Waals surface area contributed by atoms with E-state index in [0.717, 1.165) is 23.6 Å². The third-order valence-corrected chi connectivity index (χ3v) is 2.37. The van der Waals surface area contributed by atoms with Crippen molar-refractivity contribution in [2.24, 2.45) is 0 Å². The molecule has 2 aromatic heterocycles. The largest absolute Gasteiger partial charge is 0.378 e. The normalized spacial score (nSPS) is 10.3. The Balaban J connectivity index is 2.39. The molecule has 0 saturated heterocycles. The van der Waals surface area contributed by atoms with Gasteiger partial charge in [0, 0.05) is 37.7 Å². The Morgan fingerprint density at radius 1 is 1.22 bits per heavy atom. The molecule has 0 saturated carbocycles. The van der Waals surface area contributed by atoms with E-state index in [1.165, 1.54) is 0 Å². The van der Waals surface area contributed by atoms with E-state index in [2.05, 4.69) is 20.3 Å². The highest BCUT2D eigenvalue weighted by Gasteiger charge is 2.06. The summed E-state index contributed by atoms with van der Waals surface area (Å²) in [6, 6.07) is 5.68. The van der Waals surface area contributed by atoms with E-state index in [-0.39, 0.29) is 0 Å². The number of hydrogen-bond donors (Lipinski definition) is 1. The minimum Gasteiger partial charge on any atom is -0.378 e. The average molecular weight is 244 g/mol. The molecule has 0 unspecified atom stereocenters. The molecule has 1 N–H and O–H groups in total. The van der Waals surface area contributed by atoms with E-state index < -0.39 is 0 Å². The summed E-state index contributed by atoms with van der Waals surface area (Å²) < 4.78 is 5.12. The number of ether oxygens (including phenoxy) is 1. The highest BCUT2D eigenvalue weighted by atomic mass is 16.5. The number of anilines is 1. The summed E-state index contributed by atoms with van der Waals surface area (Å²) in [6.45, 7) is 3.32. The number of nitrogens with one attached hydrogen (secondary N) is 1. The number of methoxy groups -OCH3 is 1. The van der Waals surface area contributed by atoms with Crippen molar-refractivity contribution in [3.05, 3.63) is 36.3 Å². The molecule has 5 heteroatoms. The minimum atomic E-state index is 0.471. The zero-order valence-electron chi connectivity index (χ0n) is 10.6. The van der Waals surface area contributed by atoms with E-state index in [9.17, 15) is 0 Å². The van der Waals surface area contributed by atoms with Crippen LogP contribution in [0.4, 0.5) is 5.82 Å². The molecule has 0 aromatic carbocycles. The first-order chi connectivity index (χ1) is 8.83. The van der Waals surface area contributed by atoms with Crippen LogP contribution < -0.4 is 5.32 Å². The SMILES string of the molecule is CCNc1cc(COC)nc(-c2ccncc2)n1. The van der Waals surface area contributed by atoms with Crippen LogP contribution >= 0.6 is 0 Å². The van der Waals surface area contributed by atoms with E-state index in [1.807, 2.05) is 25.1 Å². The van der Waals surface area contributed by atoms with Crippen molar-refractivity contribution < 1.29 is 4.74 Å². The lowest BCUT2D eigenvalue weighted by Crippen LogP contribution is -2.04. The molecule has 2 aromatic rings. The number of nitrogens with zero attached hydrogens (tertiary/aromatic N) is 3. The maximum absolute atomic E-state index is 5.12. The van der Waals surface area contributed by atoms with Crippen molar-refractivity contribution in [2.45, 2.75) is 13.5 Å². The van der Waals surface area contributed by atoms with Crippen molar-refractivity contribution in [1.82, 2.24) is 15.0 Å². The van der Waals surface area contributed by atoms with Crippen LogP contribution in [0.25, 0.3) is 11.4 Å². The summed E-state index contributed by atoms with van der Waals surface area (Å²) in [5.41, 5.74) is 1.80. The van der Waals surface area contributed by atoms with Gasteiger partial charge >= 0.3 is 0 Å². The molecule has 2 rings (SSSR count). The first-order valence-corrected chi connectivity index (χ1v) is 5.84. The second kappa shape index (κ2) is 6.07. The quantitative estimate of drug-likeness (QED) is 0.873. The van der Waals surface area contributed by atoms with Crippen LogP contribution in [0.3, 0.4) is 0 Å². The first-order valence-electron chi connectivity index (χ1n) is 5.84. The Labute approximate surface area is 106 Å². The van der Waals surface area contributed by atoms with Gasteiger partial charge in [0.05, 0.1) is 12.3 Å². The molecule has 0 fully saturated rings. The molecule has 0 spiro atoms. The van der Waals surface area contributed by atoms with Gasteiger partial charge in [0.15, 0.2) is 5.82 Å². The highest BCUT2D eigenvalue weighted by Crippen LogP contribution is 2.17. The van der Waals surface area contributed by atoms with E-state index in [1.54, 1.807) is 19.5 Å². The molecule has 18 heavy (non-hydrogen) atoms. The summed E-state index contributed by atoms with van der Waals surface area (Å²) in [4.78, 5) is 12.9. The Morgan fingerprint density at radius 3 is 2.67 bits per heavy atom. The zero-order valence-corrected chi connectivity index (χ0v) is 10.6. The van der Waals surface area contributed by atoms with Crippen molar-refractivity contribution in [1.29, 1.82) is 0 Å². The van der Waals surface area contributed by atoms with Gasteiger partial charge in [-0.05, 0) is 19.1 Å². The zero-order chi connectivity index (χ0) is 12.8. The monoisotopic (exact) mass is 244 g/mol.